The van der Waals surface area contributed by atoms with Crippen LogP contribution in [0.15, 0.2) is 64.5 Å². The SMILES string of the molecule is CC1(NS(=O)(=O)c2ccc3c(c2)CC=C3)CC1.Cc1nnc(-n2ccc3ccc(S(=O)(=O)NC4(C)CC4)cc32)s1. The maximum absolute atomic E-state index is 12.6. The zero-order valence-corrected chi connectivity index (χ0v) is 25.0. The van der Waals surface area contributed by atoms with Crippen molar-refractivity contribution >= 4 is 48.4 Å². The third-order valence-corrected chi connectivity index (χ3v) is 11.6. The van der Waals surface area contributed by atoms with Crippen molar-refractivity contribution in [1.82, 2.24) is 24.2 Å². The van der Waals surface area contributed by atoms with Crippen LogP contribution in [0.4, 0.5) is 0 Å². The molecule has 12 heteroatoms. The van der Waals surface area contributed by atoms with E-state index in [0.717, 1.165) is 64.3 Å². The van der Waals surface area contributed by atoms with Crippen molar-refractivity contribution in [2.45, 2.75) is 73.7 Å². The van der Waals surface area contributed by atoms with Crippen LogP contribution >= 0.6 is 11.3 Å². The summed E-state index contributed by atoms with van der Waals surface area (Å²) in [6.07, 6.45) is 10.4. The smallest absolute Gasteiger partial charge is 0.241 e. The monoisotopic (exact) mass is 597 g/mol. The average molecular weight is 598 g/mol. The van der Waals surface area contributed by atoms with Crippen LogP contribution in [0.25, 0.3) is 22.1 Å². The van der Waals surface area contributed by atoms with Crippen molar-refractivity contribution in [3.8, 4) is 5.13 Å². The van der Waals surface area contributed by atoms with Crippen molar-refractivity contribution in [2.75, 3.05) is 0 Å². The summed E-state index contributed by atoms with van der Waals surface area (Å²) in [6.45, 7) is 5.76. The Morgan fingerprint density at radius 3 is 2.08 bits per heavy atom. The molecule has 0 saturated heterocycles. The van der Waals surface area contributed by atoms with Crippen LogP contribution < -0.4 is 9.44 Å². The van der Waals surface area contributed by atoms with Gasteiger partial charge in [-0.3, -0.25) is 4.57 Å². The van der Waals surface area contributed by atoms with Gasteiger partial charge in [-0.2, -0.15) is 0 Å². The van der Waals surface area contributed by atoms with E-state index < -0.39 is 20.0 Å². The first-order valence-corrected chi connectivity index (χ1v) is 16.9. The Balaban J connectivity index is 0.000000151. The highest BCUT2D eigenvalue weighted by molar-refractivity contribution is 7.89. The van der Waals surface area contributed by atoms with Crippen LogP contribution in [0.3, 0.4) is 0 Å². The second-order valence-electron chi connectivity index (χ2n) is 11.3. The van der Waals surface area contributed by atoms with Gasteiger partial charge in [0.2, 0.25) is 25.2 Å². The number of hydrogen-bond acceptors (Lipinski definition) is 7. The molecule has 4 aromatic rings. The number of aromatic nitrogens is 3. The van der Waals surface area contributed by atoms with Crippen LogP contribution in [0.2, 0.25) is 0 Å². The largest absolute Gasteiger partial charge is 0.291 e. The summed E-state index contributed by atoms with van der Waals surface area (Å²) in [5.74, 6) is 0. The predicted molar refractivity (Wildman–Crippen MR) is 157 cm³/mol. The fourth-order valence-electron chi connectivity index (χ4n) is 4.57. The minimum absolute atomic E-state index is 0.212. The zero-order chi connectivity index (χ0) is 28.3. The summed E-state index contributed by atoms with van der Waals surface area (Å²) in [7, 11) is -6.87. The molecule has 2 heterocycles. The summed E-state index contributed by atoms with van der Waals surface area (Å²) < 4.78 is 56.9. The maximum Gasteiger partial charge on any atom is 0.241 e. The van der Waals surface area contributed by atoms with Gasteiger partial charge in [0.25, 0.3) is 0 Å². The second-order valence-corrected chi connectivity index (χ2v) is 15.8. The Morgan fingerprint density at radius 1 is 0.850 bits per heavy atom. The van der Waals surface area contributed by atoms with Gasteiger partial charge in [-0.25, -0.2) is 26.3 Å². The molecule has 3 aliphatic rings. The minimum Gasteiger partial charge on any atom is -0.291 e. The third kappa shape index (κ3) is 5.64. The lowest BCUT2D eigenvalue weighted by atomic mass is 10.1. The van der Waals surface area contributed by atoms with Crippen LogP contribution in [0.5, 0.6) is 0 Å². The van der Waals surface area contributed by atoms with Crippen molar-refractivity contribution in [3.05, 3.63) is 70.9 Å². The van der Waals surface area contributed by atoms with Gasteiger partial charge in [-0.1, -0.05) is 35.6 Å². The molecule has 2 aromatic carbocycles. The molecule has 0 aliphatic heterocycles. The number of aryl methyl sites for hydroxylation is 1. The number of allylic oxidation sites excluding steroid dienone is 1. The highest BCUT2D eigenvalue weighted by Crippen LogP contribution is 2.37. The van der Waals surface area contributed by atoms with E-state index in [4.69, 9.17) is 0 Å². The first-order chi connectivity index (χ1) is 18.8. The van der Waals surface area contributed by atoms with Gasteiger partial charge < -0.3 is 0 Å². The van der Waals surface area contributed by atoms with Crippen LogP contribution in [0.1, 0.15) is 55.7 Å². The lowest BCUT2D eigenvalue weighted by Gasteiger charge is -2.13. The van der Waals surface area contributed by atoms with Crippen LogP contribution in [-0.4, -0.2) is 42.7 Å². The van der Waals surface area contributed by atoms with Gasteiger partial charge in [0, 0.05) is 22.7 Å². The third-order valence-electron chi connectivity index (χ3n) is 7.52. The number of fused-ring (bicyclic) bond motifs is 2. The van der Waals surface area contributed by atoms with Crippen molar-refractivity contribution in [2.24, 2.45) is 0 Å². The first kappa shape index (κ1) is 27.3. The Hall–Kier alpha value is -2.90. The van der Waals surface area contributed by atoms with Crippen molar-refractivity contribution in [3.63, 3.8) is 0 Å². The quantitative estimate of drug-likeness (QED) is 0.318. The highest BCUT2D eigenvalue weighted by atomic mass is 32.2. The Labute approximate surface area is 238 Å². The van der Waals surface area contributed by atoms with E-state index in [-0.39, 0.29) is 16.0 Å². The Bertz CT molecular complexity index is 1860. The normalized spacial score (nSPS) is 18.3. The highest BCUT2D eigenvalue weighted by Gasteiger charge is 2.42. The number of benzene rings is 2. The molecule has 0 radical (unpaired) electrons. The molecule has 2 fully saturated rings. The first-order valence-electron chi connectivity index (χ1n) is 13.1. The van der Waals surface area contributed by atoms with Crippen LogP contribution in [0, 0.1) is 6.92 Å². The fraction of sp³-hybridized carbons (Fsp3) is 0.357. The van der Waals surface area contributed by atoms with E-state index in [1.165, 1.54) is 11.3 Å². The van der Waals surface area contributed by atoms with Gasteiger partial charge in [-0.05, 0) is 94.3 Å². The Kier molecular flexibility index (Phi) is 6.54. The molecule has 0 bridgehead atoms. The average Bonchev–Trinajstić information content (AvgIpc) is 3.53. The molecule has 0 unspecified atom stereocenters. The molecule has 210 valence electrons. The van der Waals surface area contributed by atoms with E-state index in [9.17, 15) is 16.8 Å². The van der Waals surface area contributed by atoms with Crippen molar-refractivity contribution in [1.29, 1.82) is 0 Å². The van der Waals surface area contributed by atoms with E-state index in [1.807, 2.05) is 55.8 Å². The maximum atomic E-state index is 12.6. The number of nitrogens with one attached hydrogen (secondary N) is 2. The fourth-order valence-corrected chi connectivity index (χ4v) is 8.26. The summed E-state index contributed by atoms with van der Waals surface area (Å²) >= 11 is 1.47. The standard InChI is InChI=1S/C15H16N4O2S2.C13H15NO2S/c1-10-16-17-14(22-10)19-8-5-11-3-4-12(9-13(11)19)23(20,21)18-15(2)6-7-15;1-13(7-8-13)14-17(15,16)12-6-5-10-3-2-4-11(10)9-12/h3-5,8-9,18H,6-7H2,1-2H3;2-3,5-6,9,14H,4,7-8H2,1H3. The number of sulfonamides is 2. The molecule has 40 heavy (non-hydrogen) atoms. The Morgan fingerprint density at radius 2 is 1.48 bits per heavy atom. The van der Waals surface area contributed by atoms with Gasteiger partial charge in [0.1, 0.15) is 5.01 Å². The van der Waals surface area contributed by atoms with Crippen LogP contribution in [-0.2, 0) is 26.5 Å². The van der Waals surface area contributed by atoms with Gasteiger partial charge in [0.05, 0.1) is 15.3 Å². The van der Waals surface area contributed by atoms with E-state index in [0.29, 0.717) is 4.90 Å². The molecule has 3 aliphatic carbocycles. The zero-order valence-electron chi connectivity index (χ0n) is 22.5. The molecular formula is C28H31N5O4S3. The number of nitrogens with zero attached hydrogens (tertiary/aromatic N) is 3. The minimum atomic E-state index is -3.51. The molecular weight excluding hydrogens is 567 g/mol. The summed E-state index contributed by atoms with van der Waals surface area (Å²) in [4.78, 5) is 0.660. The molecule has 2 saturated carbocycles. The topological polar surface area (TPSA) is 123 Å². The van der Waals surface area contributed by atoms with Gasteiger partial charge >= 0.3 is 0 Å². The summed E-state index contributed by atoms with van der Waals surface area (Å²) in [5, 5.41) is 10.7. The number of rotatable bonds is 7. The van der Waals surface area contributed by atoms with E-state index in [1.54, 1.807) is 24.3 Å². The second kappa shape index (κ2) is 9.59. The summed E-state index contributed by atoms with van der Waals surface area (Å²) in [5.41, 5.74) is 2.53. The predicted octanol–water partition coefficient (Wildman–Crippen LogP) is 4.71. The van der Waals surface area contributed by atoms with Crippen molar-refractivity contribution < 1.29 is 16.8 Å². The molecule has 0 atom stereocenters. The summed E-state index contributed by atoms with van der Waals surface area (Å²) in [6, 6.07) is 12.4. The lowest BCUT2D eigenvalue weighted by molar-refractivity contribution is 0.556. The molecule has 9 nitrogen and oxygen atoms in total. The molecule has 7 rings (SSSR count). The number of hydrogen-bond donors (Lipinski definition) is 2. The molecule has 2 aromatic heterocycles. The van der Waals surface area contributed by atoms with E-state index in [2.05, 4.69) is 25.7 Å². The van der Waals surface area contributed by atoms with Gasteiger partial charge in [0.15, 0.2) is 0 Å². The molecule has 0 amide bonds. The molecule has 0 spiro atoms. The molecule has 2 N–H and O–H groups in total. The lowest BCUT2D eigenvalue weighted by Crippen LogP contribution is -2.34. The van der Waals surface area contributed by atoms with E-state index >= 15 is 0 Å². The van der Waals surface area contributed by atoms with Gasteiger partial charge in [-0.15, -0.1) is 10.2 Å².